The second-order valence-corrected chi connectivity index (χ2v) is 6.43. The van der Waals surface area contributed by atoms with Crippen LogP contribution in [0, 0.1) is 5.82 Å². The van der Waals surface area contributed by atoms with Gasteiger partial charge in [0, 0.05) is 10.9 Å². The van der Waals surface area contributed by atoms with E-state index in [1.54, 1.807) is 0 Å². The molecule has 0 aliphatic rings. The average Bonchev–Trinajstić information content (AvgIpc) is 3.25. The van der Waals surface area contributed by atoms with Crippen LogP contribution >= 0.6 is 11.6 Å². The Balaban J connectivity index is 1.88. The van der Waals surface area contributed by atoms with Crippen LogP contribution in [0.15, 0.2) is 34.2 Å². The third-order valence-electron chi connectivity index (χ3n) is 3.94. The third kappa shape index (κ3) is 3.86. The van der Waals surface area contributed by atoms with Crippen molar-refractivity contribution in [1.29, 1.82) is 0 Å². The van der Waals surface area contributed by atoms with Crippen molar-refractivity contribution in [2.75, 3.05) is 18.5 Å². The maximum Gasteiger partial charge on any atom is 0.326 e. The number of imidazole rings is 1. The van der Waals surface area contributed by atoms with Gasteiger partial charge in [0.15, 0.2) is 5.65 Å². The molecule has 0 aliphatic carbocycles. The van der Waals surface area contributed by atoms with Crippen molar-refractivity contribution in [3.63, 3.8) is 0 Å². The number of rotatable bonds is 5. The summed E-state index contributed by atoms with van der Waals surface area (Å²) in [4.78, 5) is 28.8. The number of hydrogen-bond donors (Lipinski definition) is 5. The number of halogens is 2. The van der Waals surface area contributed by atoms with E-state index in [1.807, 2.05) is 0 Å². The fourth-order valence-electron chi connectivity index (χ4n) is 2.64. The Morgan fingerprint density at radius 2 is 2.17 bits per heavy atom. The van der Waals surface area contributed by atoms with Gasteiger partial charge in [0.05, 0.1) is 24.4 Å². The minimum atomic E-state index is -0.570. The molecular formula is C17H14ClFN8O3. The van der Waals surface area contributed by atoms with Crippen molar-refractivity contribution in [3.05, 3.63) is 62.3 Å². The molecular weight excluding hydrogens is 419 g/mol. The molecule has 0 saturated heterocycles. The molecule has 0 saturated carbocycles. The fourth-order valence-corrected chi connectivity index (χ4v) is 2.82. The van der Waals surface area contributed by atoms with E-state index in [-0.39, 0.29) is 41.3 Å². The van der Waals surface area contributed by atoms with Crippen LogP contribution in [-0.2, 0) is 0 Å². The van der Waals surface area contributed by atoms with Crippen molar-refractivity contribution >= 4 is 35.0 Å². The van der Waals surface area contributed by atoms with Gasteiger partial charge in [-0.3, -0.25) is 4.98 Å². The minimum Gasteiger partial charge on any atom is -0.493 e. The van der Waals surface area contributed by atoms with E-state index in [0.29, 0.717) is 16.6 Å². The number of anilines is 2. The molecule has 0 amide bonds. The summed E-state index contributed by atoms with van der Waals surface area (Å²) in [6.07, 6.45) is 2.92. The Morgan fingerprint density at radius 1 is 1.33 bits per heavy atom. The van der Waals surface area contributed by atoms with Gasteiger partial charge < -0.3 is 20.5 Å². The summed E-state index contributed by atoms with van der Waals surface area (Å²) in [7, 11) is 0. The van der Waals surface area contributed by atoms with Crippen molar-refractivity contribution < 1.29 is 14.6 Å². The highest BCUT2D eigenvalue weighted by Gasteiger charge is 2.10. The Morgan fingerprint density at radius 3 is 2.87 bits per heavy atom. The van der Waals surface area contributed by atoms with Gasteiger partial charge in [-0.15, -0.1) is 0 Å². The molecule has 5 N–H and O–H groups in total. The van der Waals surface area contributed by atoms with Crippen LogP contribution < -0.4 is 21.8 Å². The molecule has 13 heteroatoms. The molecule has 0 spiro atoms. The molecule has 3 heterocycles. The monoisotopic (exact) mass is 432 g/mol. The van der Waals surface area contributed by atoms with E-state index in [0.717, 1.165) is 0 Å². The lowest BCUT2D eigenvalue weighted by molar-refractivity contribution is 0.305. The van der Waals surface area contributed by atoms with E-state index >= 15 is 0 Å². The zero-order chi connectivity index (χ0) is 21.3. The van der Waals surface area contributed by atoms with Crippen LogP contribution in [0.25, 0.3) is 11.7 Å². The normalized spacial score (nSPS) is 12.8. The summed E-state index contributed by atoms with van der Waals surface area (Å²) in [5.41, 5.74) is 0.466. The van der Waals surface area contributed by atoms with E-state index in [1.165, 1.54) is 35.0 Å². The number of aromatic hydroxyl groups is 1. The Bertz CT molecular complexity index is 1410. The number of hydrogen-bond acceptors (Lipinski definition) is 8. The van der Waals surface area contributed by atoms with E-state index in [9.17, 15) is 14.3 Å². The van der Waals surface area contributed by atoms with Gasteiger partial charge in [0.2, 0.25) is 11.8 Å². The number of aromatic amines is 2. The van der Waals surface area contributed by atoms with E-state index in [2.05, 4.69) is 35.3 Å². The van der Waals surface area contributed by atoms with Gasteiger partial charge in [-0.2, -0.15) is 19.6 Å². The van der Waals surface area contributed by atoms with Crippen LogP contribution in [-0.4, -0.2) is 52.9 Å². The summed E-state index contributed by atoms with van der Waals surface area (Å²) in [5, 5.41) is 26.3. The molecule has 4 aromatic rings. The lowest BCUT2D eigenvalue weighted by Gasteiger charge is -2.06. The highest BCUT2D eigenvalue weighted by Crippen LogP contribution is 2.21. The molecule has 1 aromatic carbocycles. The molecule has 11 nitrogen and oxygen atoms in total. The number of nitrogens with one attached hydrogen (secondary N) is 3. The second kappa shape index (κ2) is 7.93. The van der Waals surface area contributed by atoms with Crippen LogP contribution in [0.1, 0.15) is 5.69 Å². The number of aliphatic hydroxyl groups excluding tert-OH is 1. The SMILES string of the molecule is O=c1[nH]c(O)c(C=c2cnn3c(=NCCO)nc(Nc4ccc(F)c(Cl)c4)nc23)[nH]1. The van der Waals surface area contributed by atoms with Crippen LogP contribution in [0.3, 0.4) is 0 Å². The standard InChI is InChI=1S/C17H14ClFN8O3/c18-10-6-9(1-2-11(10)19)22-15-24-13-8(5-12-14(29)25-17(30)23-12)7-21-27(13)16(26-15)20-3-4-28/h1-2,5-7,28-29H,3-4H2,(H,20,22,26)(H2,23,25,30). The Kier molecular flexibility index (Phi) is 5.16. The van der Waals surface area contributed by atoms with E-state index in [4.69, 9.17) is 16.7 Å². The van der Waals surface area contributed by atoms with Crippen LogP contribution in [0.5, 0.6) is 5.88 Å². The summed E-state index contributed by atoms with van der Waals surface area (Å²) >= 11 is 5.81. The Hall–Kier alpha value is -3.77. The van der Waals surface area contributed by atoms with Gasteiger partial charge in [-0.05, 0) is 24.3 Å². The summed E-state index contributed by atoms with van der Waals surface area (Å²) in [6.45, 7) is -0.112. The highest BCUT2D eigenvalue weighted by atomic mass is 35.5. The summed E-state index contributed by atoms with van der Waals surface area (Å²) in [5.74, 6) is -0.785. The zero-order valence-electron chi connectivity index (χ0n) is 15.1. The molecule has 3 aromatic heterocycles. The molecule has 0 fully saturated rings. The smallest absolute Gasteiger partial charge is 0.326 e. The molecule has 30 heavy (non-hydrogen) atoms. The maximum absolute atomic E-state index is 13.4. The first-order chi connectivity index (χ1) is 14.4. The molecule has 0 bridgehead atoms. The lowest BCUT2D eigenvalue weighted by atomic mass is 10.3. The quantitative estimate of drug-likeness (QED) is 0.293. The number of H-pyrrole nitrogens is 2. The number of aliphatic hydroxyl groups is 1. The van der Waals surface area contributed by atoms with E-state index < -0.39 is 11.5 Å². The molecule has 0 aliphatic heterocycles. The largest absolute Gasteiger partial charge is 0.493 e. The molecule has 4 rings (SSSR count). The topological polar surface area (TPSA) is 157 Å². The van der Waals surface area contributed by atoms with Crippen molar-refractivity contribution in [2.45, 2.75) is 0 Å². The number of aromatic nitrogens is 6. The van der Waals surface area contributed by atoms with Gasteiger partial charge in [0.25, 0.3) is 5.62 Å². The molecule has 0 unspecified atom stereocenters. The zero-order valence-corrected chi connectivity index (χ0v) is 15.9. The number of nitrogens with zero attached hydrogens (tertiary/aromatic N) is 5. The first-order valence-electron chi connectivity index (χ1n) is 8.57. The van der Waals surface area contributed by atoms with Gasteiger partial charge >= 0.3 is 5.69 Å². The van der Waals surface area contributed by atoms with Gasteiger partial charge in [-0.1, -0.05) is 11.6 Å². The van der Waals surface area contributed by atoms with Crippen molar-refractivity contribution in [3.8, 4) is 5.88 Å². The molecule has 0 atom stereocenters. The third-order valence-corrected chi connectivity index (χ3v) is 4.23. The first-order valence-corrected chi connectivity index (χ1v) is 8.94. The minimum absolute atomic E-state index is 0.0727. The molecule has 0 radical (unpaired) electrons. The number of benzene rings is 1. The predicted octanol–water partition coefficient (Wildman–Crippen LogP) is -0.177. The summed E-state index contributed by atoms with van der Waals surface area (Å²) < 4.78 is 14.7. The van der Waals surface area contributed by atoms with Gasteiger partial charge in [0.1, 0.15) is 11.5 Å². The fraction of sp³-hybridized carbons (Fsp3) is 0.118. The van der Waals surface area contributed by atoms with Crippen LogP contribution in [0.4, 0.5) is 16.0 Å². The van der Waals surface area contributed by atoms with Gasteiger partial charge in [-0.25, -0.2) is 14.2 Å². The van der Waals surface area contributed by atoms with Crippen LogP contribution in [0.2, 0.25) is 5.02 Å². The highest BCUT2D eigenvalue weighted by molar-refractivity contribution is 6.31. The van der Waals surface area contributed by atoms with Crippen molar-refractivity contribution in [2.24, 2.45) is 4.99 Å². The molecule has 154 valence electrons. The second-order valence-electron chi connectivity index (χ2n) is 6.03. The number of fused-ring (bicyclic) bond motifs is 1. The first kappa shape index (κ1) is 19.5. The summed E-state index contributed by atoms with van der Waals surface area (Å²) in [6, 6.07) is 4.04. The average molecular weight is 433 g/mol. The lowest BCUT2D eigenvalue weighted by Crippen LogP contribution is -2.24. The maximum atomic E-state index is 13.4. The van der Waals surface area contributed by atoms with Crippen molar-refractivity contribution in [1.82, 2.24) is 29.5 Å². The predicted molar refractivity (Wildman–Crippen MR) is 105 cm³/mol. The Labute approximate surface area is 171 Å².